The number of amides is 1. The van der Waals surface area contributed by atoms with Gasteiger partial charge in [-0.2, -0.15) is 0 Å². The fourth-order valence-corrected chi connectivity index (χ4v) is 10.2. The highest BCUT2D eigenvalue weighted by Crippen LogP contribution is 2.39. The summed E-state index contributed by atoms with van der Waals surface area (Å²) in [7, 11) is -6.26. The molecule has 3 rings (SSSR count). The average Bonchev–Trinajstić information content (AvgIpc) is 2.63. The number of rotatable bonds is 6. The Hall–Kier alpha value is -1.96. The van der Waals surface area contributed by atoms with E-state index in [-0.39, 0.29) is 10.9 Å². The molecule has 1 heterocycles. The van der Waals surface area contributed by atoms with E-state index in [4.69, 9.17) is 4.43 Å². The zero-order valence-corrected chi connectivity index (χ0v) is 19.4. The van der Waals surface area contributed by atoms with E-state index in [0.29, 0.717) is 0 Å². The van der Waals surface area contributed by atoms with Crippen molar-refractivity contribution in [2.45, 2.75) is 44.2 Å². The molecule has 0 bridgehead atoms. The summed E-state index contributed by atoms with van der Waals surface area (Å²) in [4.78, 5) is 12.3. The average molecular weight is 432 g/mol. The molecule has 1 amide bonds. The van der Waals surface area contributed by atoms with Gasteiger partial charge in [0.1, 0.15) is 5.37 Å². The van der Waals surface area contributed by atoms with Gasteiger partial charge in [-0.05, 0) is 22.3 Å². The smallest absolute Gasteiger partial charge is 0.261 e. The normalized spacial score (nSPS) is 21.2. The predicted octanol–water partition coefficient (Wildman–Crippen LogP) is 2.07. The van der Waals surface area contributed by atoms with E-state index in [9.17, 15) is 13.2 Å². The summed E-state index contributed by atoms with van der Waals surface area (Å²) in [5.41, 5.74) is 0. The first kappa shape index (κ1) is 21.7. The largest absolute Gasteiger partial charge is 0.404 e. The molecular formula is C22H29NO4SSi. The van der Waals surface area contributed by atoms with Crippen molar-refractivity contribution in [2.75, 3.05) is 6.26 Å². The van der Waals surface area contributed by atoms with Gasteiger partial charge < -0.3 is 9.74 Å². The van der Waals surface area contributed by atoms with Crippen molar-refractivity contribution in [3.05, 3.63) is 60.7 Å². The van der Waals surface area contributed by atoms with Gasteiger partial charge in [0.05, 0.1) is 12.0 Å². The van der Waals surface area contributed by atoms with Crippen LogP contribution in [-0.4, -0.2) is 40.4 Å². The van der Waals surface area contributed by atoms with Gasteiger partial charge in [-0.3, -0.25) is 4.79 Å². The Morgan fingerprint density at radius 2 is 1.41 bits per heavy atom. The number of hydrogen-bond acceptors (Lipinski definition) is 4. The molecule has 0 spiro atoms. The first-order chi connectivity index (χ1) is 13.5. The van der Waals surface area contributed by atoms with Crippen LogP contribution in [0.1, 0.15) is 27.7 Å². The molecule has 0 aliphatic carbocycles. The van der Waals surface area contributed by atoms with Crippen LogP contribution >= 0.6 is 0 Å². The van der Waals surface area contributed by atoms with Crippen LogP contribution in [0.4, 0.5) is 0 Å². The quantitative estimate of drug-likeness (QED) is 0.561. The molecule has 7 heteroatoms. The highest BCUT2D eigenvalue weighted by Gasteiger charge is 2.55. The van der Waals surface area contributed by atoms with Gasteiger partial charge in [-0.1, -0.05) is 81.4 Å². The predicted molar refractivity (Wildman–Crippen MR) is 118 cm³/mol. The van der Waals surface area contributed by atoms with E-state index >= 15 is 0 Å². The number of benzene rings is 2. The second kappa shape index (κ2) is 7.70. The van der Waals surface area contributed by atoms with Gasteiger partial charge in [-0.25, -0.2) is 8.42 Å². The fraction of sp³-hybridized carbons (Fsp3) is 0.409. The van der Waals surface area contributed by atoms with Crippen LogP contribution in [0.3, 0.4) is 0 Å². The lowest BCUT2D eigenvalue weighted by Gasteiger charge is -2.48. The lowest BCUT2D eigenvalue weighted by molar-refractivity contribution is -0.136. The van der Waals surface area contributed by atoms with Gasteiger partial charge in [-0.15, -0.1) is 0 Å². The maximum atomic E-state index is 12.3. The van der Waals surface area contributed by atoms with Crippen LogP contribution in [-0.2, 0) is 19.1 Å². The summed E-state index contributed by atoms with van der Waals surface area (Å²) in [6, 6.07) is 20.2. The summed E-state index contributed by atoms with van der Waals surface area (Å²) in [6.07, 6.45) is 0.606. The minimum absolute atomic E-state index is 0.245. The Labute approximate surface area is 174 Å². The fourth-order valence-electron chi connectivity index (χ4n) is 4.24. The Balaban J connectivity index is 2.12. The lowest BCUT2D eigenvalue weighted by atomic mass is 9.96. The summed E-state index contributed by atoms with van der Waals surface area (Å²) in [6.45, 7) is 8.28. The van der Waals surface area contributed by atoms with Crippen LogP contribution in [0.15, 0.2) is 60.7 Å². The van der Waals surface area contributed by atoms with Crippen LogP contribution in [0, 0.1) is 5.92 Å². The number of carbonyl (C=O) groups excluding carboxylic acids is 1. The van der Waals surface area contributed by atoms with Gasteiger partial charge in [0.25, 0.3) is 8.32 Å². The van der Waals surface area contributed by atoms with Gasteiger partial charge in [0.15, 0.2) is 9.84 Å². The molecule has 1 N–H and O–H groups in total. The van der Waals surface area contributed by atoms with Crippen LogP contribution in [0.5, 0.6) is 0 Å². The molecule has 3 atom stereocenters. The third-order valence-electron chi connectivity index (χ3n) is 5.66. The van der Waals surface area contributed by atoms with Gasteiger partial charge in [0.2, 0.25) is 5.91 Å². The van der Waals surface area contributed by atoms with E-state index in [1.54, 1.807) is 0 Å². The molecule has 156 valence electrons. The first-order valence-electron chi connectivity index (χ1n) is 9.76. The van der Waals surface area contributed by atoms with Gasteiger partial charge >= 0.3 is 0 Å². The lowest BCUT2D eigenvalue weighted by Crippen LogP contribution is -2.71. The topological polar surface area (TPSA) is 72.5 Å². The van der Waals surface area contributed by atoms with E-state index in [1.165, 1.54) is 0 Å². The molecule has 1 aliphatic rings. The van der Waals surface area contributed by atoms with Crippen molar-refractivity contribution in [1.29, 1.82) is 0 Å². The minimum atomic E-state index is -3.41. The number of nitrogens with one attached hydrogen (secondary N) is 1. The number of hydrogen-bond donors (Lipinski definition) is 1. The molecule has 1 saturated heterocycles. The number of sulfone groups is 1. The third-order valence-corrected chi connectivity index (χ3v) is 12.1. The summed E-state index contributed by atoms with van der Waals surface area (Å²) < 4.78 is 31.1. The highest BCUT2D eigenvalue weighted by atomic mass is 32.2. The molecule has 3 unspecified atom stereocenters. The zero-order chi connectivity index (χ0) is 21.4. The molecule has 5 nitrogen and oxygen atoms in total. The van der Waals surface area contributed by atoms with E-state index < -0.39 is 35.6 Å². The van der Waals surface area contributed by atoms with Gasteiger partial charge in [0, 0.05) is 6.26 Å². The van der Waals surface area contributed by atoms with Crippen LogP contribution < -0.4 is 15.7 Å². The molecule has 0 saturated carbocycles. The minimum Gasteiger partial charge on any atom is -0.404 e. The van der Waals surface area contributed by atoms with Crippen molar-refractivity contribution in [1.82, 2.24) is 5.32 Å². The first-order valence-corrected chi connectivity index (χ1v) is 13.6. The molecule has 1 aliphatic heterocycles. The molecular weight excluding hydrogens is 402 g/mol. The van der Waals surface area contributed by atoms with Crippen molar-refractivity contribution >= 4 is 34.4 Å². The maximum Gasteiger partial charge on any atom is 0.261 e. The number of carbonyl (C=O) groups is 1. The summed E-state index contributed by atoms with van der Waals surface area (Å²) in [5, 5.41) is 3.58. The maximum absolute atomic E-state index is 12.3. The van der Waals surface area contributed by atoms with Crippen molar-refractivity contribution in [3.63, 3.8) is 0 Å². The van der Waals surface area contributed by atoms with E-state index in [1.807, 2.05) is 43.3 Å². The Kier molecular flexibility index (Phi) is 5.77. The van der Waals surface area contributed by atoms with Crippen molar-refractivity contribution in [2.24, 2.45) is 5.92 Å². The second-order valence-corrected chi connectivity index (χ2v) is 15.2. The highest BCUT2D eigenvalue weighted by molar-refractivity contribution is 7.91. The Bertz CT molecular complexity index is 931. The molecule has 1 fully saturated rings. The summed E-state index contributed by atoms with van der Waals surface area (Å²) in [5.74, 6) is -0.988. The second-order valence-electron chi connectivity index (χ2n) is 8.77. The van der Waals surface area contributed by atoms with Crippen LogP contribution in [0.2, 0.25) is 5.04 Å². The molecule has 0 aromatic heterocycles. The Morgan fingerprint density at radius 1 is 0.966 bits per heavy atom. The van der Waals surface area contributed by atoms with E-state index in [2.05, 4.69) is 50.4 Å². The Morgan fingerprint density at radius 3 is 1.76 bits per heavy atom. The zero-order valence-electron chi connectivity index (χ0n) is 17.5. The van der Waals surface area contributed by atoms with E-state index in [0.717, 1.165) is 16.6 Å². The SMILES string of the molecule is CC(O[Si](c1ccccc1)(c1ccccc1)C(C)(C)C)C1C(=O)NC1S(C)(=O)=O. The van der Waals surface area contributed by atoms with Crippen molar-refractivity contribution < 1.29 is 17.6 Å². The number of β-lactam (4-membered cyclic amide) rings is 1. The summed E-state index contributed by atoms with van der Waals surface area (Å²) >= 11 is 0. The molecule has 29 heavy (non-hydrogen) atoms. The molecule has 2 aromatic carbocycles. The van der Waals surface area contributed by atoms with Crippen LogP contribution in [0.25, 0.3) is 0 Å². The molecule has 0 radical (unpaired) electrons. The monoisotopic (exact) mass is 431 g/mol. The molecule has 2 aromatic rings. The standard InChI is InChI=1S/C22H29NO4SSi/c1-16(19-20(24)23-21(19)28(5,25)26)27-29(22(2,3)4,17-12-8-6-9-13-17)18-14-10-7-11-15-18/h6-16,19,21H,1-5H3,(H,23,24). The van der Waals surface area contributed by atoms with Crippen molar-refractivity contribution in [3.8, 4) is 0 Å². The third kappa shape index (κ3) is 3.91.